The molecular formula is C40H48N6O9S. The number of thiazole rings is 1. The number of benzene rings is 1. The third-order valence-corrected chi connectivity index (χ3v) is 11.7. The molecule has 2 aromatic heterocycles. The van der Waals surface area contributed by atoms with Crippen LogP contribution in [0.25, 0.3) is 22.3 Å². The molecule has 2 saturated carbocycles. The van der Waals surface area contributed by atoms with E-state index in [0.717, 1.165) is 30.8 Å². The van der Waals surface area contributed by atoms with Crippen LogP contribution in [0.3, 0.4) is 0 Å². The van der Waals surface area contributed by atoms with Crippen molar-refractivity contribution in [1.29, 1.82) is 0 Å². The van der Waals surface area contributed by atoms with Gasteiger partial charge in [-0.25, -0.2) is 19.6 Å². The first-order valence-electron chi connectivity index (χ1n) is 19.3. The van der Waals surface area contributed by atoms with Gasteiger partial charge >= 0.3 is 12.1 Å². The monoisotopic (exact) mass is 788 g/mol. The average molecular weight is 789 g/mol. The number of allylic oxidation sites excluding steroid dienone is 1. The standard InChI is InChI=1S/C40H48N6O9S/c1-22(2)41-38-43-32(21-56-38)31-18-34(28-14-13-26(53-3)16-30(28)42-31)54-27-17-33-35(48)45-40(37(50)51)19-23(40)8-4-5-9-24(47)12-15-29(36(49)46(33)20-27)44-39(52)55-25-10-6-7-11-25/h4,8,13-14,16,18,21-23,25,27,29,33H,5-7,9-12,15,17,19-20H2,1-3H3,(H,41,43)(H,44,52)(H,45,48)(H,50,51)/b8-4-/t23-,27-,29+,33+,40-/m1/s1. The van der Waals surface area contributed by atoms with Crippen molar-refractivity contribution in [2.45, 2.75) is 114 Å². The van der Waals surface area contributed by atoms with Crippen LogP contribution in [0, 0.1) is 5.92 Å². The van der Waals surface area contributed by atoms with Crippen LogP contribution in [0.5, 0.6) is 11.5 Å². The topological polar surface area (TPSA) is 198 Å². The summed E-state index contributed by atoms with van der Waals surface area (Å²) in [6, 6.07) is 5.03. The maximum Gasteiger partial charge on any atom is 0.408 e. The lowest BCUT2D eigenvalue weighted by Crippen LogP contribution is -2.56. The summed E-state index contributed by atoms with van der Waals surface area (Å²) in [6.07, 6.45) is 5.89. The molecule has 7 rings (SSSR count). The highest BCUT2D eigenvalue weighted by atomic mass is 32.1. The molecular weight excluding hydrogens is 741 g/mol. The summed E-state index contributed by atoms with van der Waals surface area (Å²) in [5, 5.41) is 22.3. The molecule has 4 N–H and O–H groups in total. The van der Waals surface area contributed by atoms with Gasteiger partial charge in [0, 0.05) is 54.1 Å². The third kappa shape index (κ3) is 8.59. The molecule has 2 aliphatic carbocycles. The fraction of sp³-hybridized carbons (Fsp3) is 0.525. The molecule has 0 spiro atoms. The summed E-state index contributed by atoms with van der Waals surface area (Å²) in [7, 11) is 1.56. The van der Waals surface area contributed by atoms with Crippen molar-refractivity contribution in [3.63, 3.8) is 0 Å². The van der Waals surface area contributed by atoms with Crippen LogP contribution in [-0.4, -0.2) is 99.2 Å². The molecule has 3 fully saturated rings. The number of amides is 3. The number of anilines is 1. The number of hydrogen-bond donors (Lipinski definition) is 4. The van der Waals surface area contributed by atoms with Crippen molar-refractivity contribution in [3.8, 4) is 22.9 Å². The highest BCUT2D eigenvalue weighted by Crippen LogP contribution is 2.45. The van der Waals surface area contributed by atoms with Crippen LogP contribution in [0.2, 0.25) is 0 Å². The Morgan fingerprint density at radius 1 is 1.05 bits per heavy atom. The molecule has 0 unspecified atom stereocenters. The summed E-state index contributed by atoms with van der Waals surface area (Å²) in [5.41, 5.74) is 0.207. The minimum absolute atomic E-state index is 0.000674. The molecule has 3 aromatic rings. The zero-order valence-electron chi connectivity index (χ0n) is 31.7. The summed E-state index contributed by atoms with van der Waals surface area (Å²) in [6.45, 7) is 3.99. The Balaban J connectivity index is 1.21. The third-order valence-electron chi connectivity index (χ3n) is 10.9. The van der Waals surface area contributed by atoms with Gasteiger partial charge in [-0.15, -0.1) is 11.3 Å². The maximum atomic E-state index is 14.5. The van der Waals surface area contributed by atoms with E-state index in [1.54, 1.807) is 37.5 Å². The second-order valence-electron chi connectivity index (χ2n) is 15.3. The van der Waals surface area contributed by atoms with E-state index in [1.165, 1.54) is 16.2 Å². The number of carboxylic acids is 1. The van der Waals surface area contributed by atoms with E-state index < -0.39 is 53.5 Å². The SMILES string of the molecule is COc1ccc2c(O[C@@H]3C[C@H]4C(=O)N[C@]5(C(=O)O)C[C@H]5/C=C\CCC(=O)CC[C@H](NC(=O)OC5CCCC5)C(=O)N4C3)cc(-c3csc(NC(C)C)n3)nc2c1. The number of rotatable bonds is 9. The summed E-state index contributed by atoms with van der Waals surface area (Å²) < 4.78 is 17.8. The van der Waals surface area contributed by atoms with Gasteiger partial charge in [0.25, 0.3) is 0 Å². The largest absolute Gasteiger partial charge is 0.497 e. The number of methoxy groups -OCH3 is 1. The molecule has 0 bridgehead atoms. The molecule has 298 valence electrons. The van der Waals surface area contributed by atoms with E-state index >= 15 is 0 Å². The Labute approximate surface area is 328 Å². The van der Waals surface area contributed by atoms with E-state index in [-0.39, 0.29) is 56.6 Å². The minimum atomic E-state index is -1.54. The van der Waals surface area contributed by atoms with Gasteiger partial charge in [0.1, 0.15) is 52.8 Å². The fourth-order valence-corrected chi connectivity index (χ4v) is 8.64. The van der Waals surface area contributed by atoms with Gasteiger partial charge in [-0.2, -0.15) is 0 Å². The molecule has 0 radical (unpaired) electrons. The number of carbonyl (C=O) groups excluding carboxylic acids is 4. The number of pyridine rings is 1. The van der Waals surface area contributed by atoms with Gasteiger partial charge in [0.2, 0.25) is 11.8 Å². The van der Waals surface area contributed by atoms with Gasteiger partial charge < -0.3 is 40.2 Å². The molecule has 2 aliphatic heterocycles. The van der Waals surface area contributed by atoms with Crippen LogP contribution >= 0.6 is 11.3 Å². The van der Waals surface area contributed by atoms with E-state index in [2.05, 4.69) is 16.0 Å². The fourth-order valence-electron chi connectivity index (χ4n) is 7.78. The Hall–Kier alpha value is -5.25. The lowest BCUT2D eigenvalue weighted by atomic mass is 10.0. The lowest BCUT2D eigenvalue weighted by Gasteiger charge is -2.29. The highest BCUT2D eigenvalue weighted by Gasteiger charge is 2.61. The number of Topliss-reactive ketones (excluding diaryl/α,β-unsaturated/α-hetero) is 1. The number of ether oxygens (including phenoxy) is 3. The Kier molecular flexibility index (Phi) is 11.5. The molecule has 5 atom stereocenters. The first kappa shape index (κ1) is 39.0. The summed E-state index contributed by atoms with van der Waals surface area (Å²) in [4.78, 5) is 78.3. The quantitative estimate of drug-likeness (QED) is 0.206. The Morgan fingerprint density at radius 2 is 1.86 bits per heavy atom. The Bertz CT molecular complexity index is 2030. The highest BCUT2D eigenvalue weighted by molar-refractivity contribution is 7.14. The minimum Gasteiger partial charge on any atom is -0.497 e. The van der Waals surface area contributed by atoms with E-state index in [9.17, 15) is 29.1 Å². The first-order valence-corrected chi connectivity index (χ1v) is 20.2. The number of hydrogen-bond acceptors (Lipinski definition) is 12. The smallest absolute Gasteiger partial charge is 0.408 e. The van der Waals surface area contributed by atoms with Crippen molar-refractivity contribution in [2.75, 3.05) is 19.0 Å². The number of carboxylic acid groups (broad SMARTS) is 1. The number of nitrogens with one attached hydrogen (secondary N) is 3. The van der Waals surface area contributed by atoms with Gasteiger partial charge in [-0.3, -0.25) is 14.4 Å². The molecule has 1 saturated heterocycles. The first-order chi connectivity index (χ1) is 26.9. The molecule has 4 heterocycles. The predicted molar refractivity (Wildman–Crippen MR) is 208 cm³/mol. The lowest BCUT2D eigenvalue weighted by molar-refractivity contribution is -0.145. The van der Waals surface area contributed by atoms with E-state index in [0.29, 0.717) is 40.2 Å². The zero-order valence-corrected chi connectivity index (χ0v) is 32.6. The molecule has 1 aromatic carbocycles. The number of nitrogens with zero attached hydrogens (tertiary/aromatic N) is 3. The molecule has 4 aliphatic rings. The van der Waals surface area contributed by atoms with Crippen LogP contribution in [0.4, 0.5) is 9.93 Å². The molecule has 15 nitrogen and oxygen atoms in total. The summed E-state index contributed by atoms with van der Waals surface area (Å²) in [5.74, 6) is -1.96. The number of aromatic nitrogens is 2. The maximum absolute atomic E-state index is 14.5. The van der Waals surface area contributed by atoms with Gasteiger partial charge in [0.05, 0.1) is 24.9 Å². The van der Waals surface area contributed by atoms with Crippen LogP contribution in [0.15, 0.2) is 41.8 Å². The number of fused-ring (bicyclic) bond motifs is 3. The number of alkyl carbamates (subject to hydrolysis) is 1. The summed E-state index contributed by atoms with van der Waals surface area (Å²) >= 11 is 1.45. The molecule has 56 heavy (non-hydrogen) atoms. The van der Waals surface area contributed by atoms with Crippen molar-refractivity contribution in [1.82, 2.24) is 25.5 Å². The number of carbonyl (C=O) groups is 5. The molecule has 3 amide bonds. The average Bonchev–Trinajstić information content (AvgIpc) is 3.59. The normalized spacial score (nSPS) is 26.4. The second kappa shape index (κ2) is 16.5. The molecule has 16 heteroatoms. The van der Waals surface area contributed by atoms with E-state index in [4.69, 9.17) is 24.2 Å². The number of aliphatic carboxylic acids is 1. The van der Waals surface area contributed by atoms with Crippen molar-refractivity contribution < 1.29 is 43.3 Å². The Morgan fingerprint density at radius 3 is 2.61 bits per heavy atom. The van der Waals surface area contributed by atoms with Crippen LogP contribution in [-0.2, 0) is 23.9 Å². The van der Waals surface area contributed by atoms with Gasteiger partial charge in [-0.05, 0) is 70.9 Å². The van der Waals surface area contributed by atoms with Crippen molar-refractivity contribution >= 4 is 57.0 Å². The van der Waals surface area contributed by atoms with Crippen LogP contribution < -0.4 is 25.4 Å². The van der Waals surface area contributed by atoms with E-state index in [1.807, 2.05) is 25.3 Å². The van der Waals surface area contributed by atoms with Crippen molar-refractivity contribution in [2.24, 2.45) is 5.92 Å². The van der Waals surface area contributed by atoms with Crippen LogP contribution in [0.1, 0.15) is 78.1 Å². The predicted octanol–water partition coefficient (Wildman–Crippen LogP) is 5.23. The number of ketones is 1. The zero-order chi connectivity index (χ0) is 39.6. The van der Waals surface area contributed by atoms with Crippen molar-refractivity contribution in [3.05, 3.63) is 41.8 Å². The van der Waals surface area contributed by atoms with Gasteiger partial charge in [-0.1, -0.05) is 12.2 Å². The van der Waals surface area contributed by atoms with Gasteiger partial charge in [0.15, 0.2) is 5.13 Å². The second-order valence-corrected chi connectivity index (χ2v) is 16.2.